The fourth-order valence-electron chi connectivity index (χ4n) is 10.0. The van der Waals surface area contributed by atoms with Crippen LogP contribution in [0, 0.1) is 22.6 Å². The Balaban J connectivity index is 0.779. The number of rotatable bonds is 10. The van der Waals surface area contributed by atoms with Crippen LogP contribution in [0.3, 0.4) is 0 Å². The summed E-state index contributed by atoms with van der Waals surface area (Å²) in [6.07, 6.45) is 8.99. The number of likely N-dealkylation sites (tertiary alicyclic amines) is 1. The molecule has 15 nitrogen and oxygen atoms in total. The summed E-state index contributed by atoms with van der Waals surface area (Å²) in [5, 5.41) is 23.1. The molecule has 3 N–H and O–H groups in total. The summed E-state index contributed by atoms with van der Waals surface area (Å²) in [7, 11) is 0. The Kier molecular flexibility index (Phi) is 12.9. The number of hydrogen-bond donors (Lipinski definition) is 3. The fourth-order valence-corrected chi connectivity index (χ4v) is 10.0. The number of nitrogens with zero attached hydrogens (tertiary/aromatic N) is 8. The zero-order valence-corrected chi connectivity index (χ0v) is 39.4. The molecule has 0 radical (unpaired) electrons. The van der Waals surface area contributed by atoms with Gasteiger partial charge in [0.2, 0.25) is 23.6 Å². The number of carbonyl (C=O) groups excluding carboxylic acids is 4. The van der Waals surface area contributed by atoms with Crippen molar-refractivity contribution in [3.63, 3.8) is 0 Å². The molecule has 16 heteroatoms. The highest BCUT2D eigenvalue weighted by atomic mass is 19.1. The topological polar surface area (TPSA) is 171 Å². The highest BCUT2D eigenvalue weighted by Crippen LogP contribution is 2.37. The number of fused-ring (bicyclic) bond motifs is 1. The number of nitrogens with one attached hydrogen (secondary N) is 3. The molecule has 68 heavy (non-hydrogen) atoms. The van der Waals surface area contributed by atoms with E-state index in [0.29, 0.717) is 69.0 Å². The van der Waals surface area contributed by atoms with Crippen molar-refractivity contribution in [3.05, 3.63) is 96.2 Å². The van der Waals surface area contributed by atoms with E-state index in [1.165, 1.54) is 6.07 Å². The van der Waals surface area contributed by atoms with Crippen molar-refractivity contribution < 1.29 is 23.6 Å². The molecule has 0 saturated carbocycles. The first-order valence-electron chi connectivity index (χ1n) is 23.8. The van der Waals surface area contributed by atoms with Gasteiger partial charge in [0.15, 0.2) is 0 Å². The minimum absolute atomic E-state index is 0.0445. The maximum absolute atomic E-state index is 15.3. The number of nitriles is 1. The van der Waals surface area contributed by atoms with Gasteiger partial charge in [0, 0.05) is 97.1 Å². The minimum Gasteiger partial charge on any atom is -0.374 e. The lowest BCUT2D eigenvalue weighted by Crippen LogP contribution is -2.52. The van der Waals surface area contributed by atoms with E-state index in [0.717, 1.165) is 78.0 Å². The van der Waals surface area contributed by atoms with Gasteiger partial charge in [-0.25, -0.2) is 13.9 Å². The smallest absolute Gasteiger partial charge is 0.249 e. The lowest BCUT2D eigenvalue weighted by Gasteiger charge is -2.40. The number of piperazine rings is 1. The summed E-state index contributed by atoms with van der Waals surface area (Å²) in [6.45, 7) is 14.0. The molecule has 4 aliphatic rings. The molecule has 1 unspecified atom stereocenters. The minimum atomic E-state index is -0.572. The van der Waals surface area contributed by atoms with Crippen LogP contribution in [0.15, 0.2) is 79.3 Å². The normalized spacial score (nSPS) is 19.4. The van der Waals surface area contributed by atoms with E-state index >= 15 is 4.39 Å². The van der Waals surface area contributed by atoms with Gasteiger partial charge in [-0.15, -0.1) is 0 Å². The van der Waals surface area contributed by atoms with Gasteiger partial charge in [0.1, 0.15) is 23.7 Å². The second-order valence-corrected chi connectivity index (χ2v) is 20.1. The van der Waals surface area contributed by atoms with Gasteiger partial charge in [-0.05, 0) is 125 Å². The maximum Gasteiger partial charge on any atom is 0.249 e. The van der Waals surface area contributed by atoms with E-state index in [9.17, 15) is 24.4 Å². The molecule has 0 bridgehead atoms. The number of anilines is 3. The second kappa shape index (κ2) is 19.0. The predicted molar refractivity (Wildman–Crippen MR) is 259 cm³/mol. The van der Waals surface area contributed by atoms with Crippen LogP contribution in [-0.4, -0.2) is 119 Å². The van der Waals surface area contributed by atoms with Gasteiger partial charge in [-0.3, -0.25) is 29.4 Å². The number of benzene rings is 2. The van der Waals surface area contributed by atoms with Crippen molar-refractivity contribution in [3.8, 4) is 28.3 Å². The van der Waals surface area contributed by atoms with E-state index < -0.39 is 17.4 Å². The van der Waals surface area contributed by atoms with Crippen LogP contribution < -0.4 is 25.8 Å². The lowest BCUT2D eigenvalue weighted by atomic mass is 9.79. The molecule has 3 aromatic heterocycles. The third-order valence-electron chi connectivity index (χ3n) is 14.2. The molecule has 1 atom stereocenters. The van der Waals surface area contributed by atoms with Crippen LogP contribution in [0.25, 0.3) is 27.8 Å². The predicted octanol–water partition coefficient (Wildman–Crippen LogP) is 6.34. The Morgan fingerprint density at radius 2 is 1.59 bits per heavy atom. The molecule has 0 aliphatic carbocycles. The monoisotopic (exact) mass is 921 g/mol. The number of halogens is 1. The number of piperidine rings is 3. The van der Waals surface area contributed by atoms with Gasteiger partial charge < -0.3 is 25.3 Å². The van der Waals surface area contributed by atoms with Gasteiger partial charge >= 0.3 is 0 Å². The first kappa shape index (κ1) is 46.3. The van der Waals surface area contributed by atoms with Gasteiger partial charge in [0.25, 0.3) is 0 Å². The largest absolute Gasteiger partial charge is 0.374 e. The number of amides is 4. The molecule has 2 aromatic carbocycles. The number of imide groups is 1. The summed E-state index contributed by atoms with van der Waals surface area (Å²) in [6, 6.07) is 21.3. The van der Waals surface area contributed by atoms with E-state index in [2.05, 4.69) is 79.1 Å². The fraction of sp³-hybridized carbons (Fsp3) is 0.442. The summed E-state index contributed by atoms with van der Waals surface area (Å²) in [5.41, 5.74) is 6.41. The summed E-state index contributed by atoms with van der Waals surface area (Å²) in [4.78, 5) is 63.7. The number of pyridine rings is 2. The first-order valence-corrected chi connectivity index (χ1v) is 23.8. The van der Waals surface area contributed by atoms with Crippen LogP contribution in [0.2, 0.25) is 0 Å². The molecule has 4 aliphatic heterocycles. The highest BCUT2D eigenvalue weighted by molar-refractivity contribution is 6.01. The van der Waals surface area contributed by atoms with E-state index in [-0.39, 0.29) is 41.4 Å². The quantitative estimate of drug-likeness (QED) is 0.134. The lowest BCUT2D eigenvalue weighted by molar-refractivity contribution is -0.134. The van der Waals surface area contributed by atoms with Crippen LogP contribution >= 0.6 is 0 Å². The van der Waals surface area contributed by atoms with Crippen molar-refractivity contribution in [2.75, 3.05) is 74.0 Å². The Hall–Kier alpha value is -6.86. The maximum atomic E-state index is 15.3. The third kappa shape index (κ3) is 10.0. The van der Waals surface area contributed by atoms with Gasteiger partial charge in [0.05, 0.1) is 23.8 Å². The zero-order valence-electron chi connectivity index (χ0n) is 39.4. The molecule has 7 heterocycles. The zero-order chi connectivity index (χ0) is 47.7. The highest BCUT2D eigenvalue weighted by Gasteiger charge is 2.39. The van der Waals surface area contributed by atoms with E-state index in [4.69, 9.17) is 4.98 Å². The van der Waals surface area contributed by atoms with Crippen LogP contribution in [0.1, 0.15) is 83.3 Å². The second-order valence-electron chi connectivity index (χ2n) is 20.1. The Labute approximate surface area is 396 Å². The van der Waals surface area contributed by atoms with Crippen LogP contribution in [-0.2, 0) is 19.2 Å². The van der Waals surface area contributed by atoms with Gasteiger partial charge in [-0.2, -0.15) is 10.4 Å². The third-order valence-corrected chi connectivity index (χ3v) is 14.2. The molecular formula is C52H60FN11O4. The van der Waals surface area contributed by atoms with Crippen molar-refractivity contribution in [1.82, 2.24) is 35.0 Å². The standard InChI is InChI=1S/C52H60FN11O4/c1-51(2,3)59-50(68)52(4)17-21-62(22-18-52)45-13-7-36(30-55-45)42-27-37(32-64-48(42)38(29-54)31-56-64)34-5-9-40(10-6-34)61-23-25-63(26-24-61)47(66)33-60-19-15-35(16-20-60)41-11-8-39(28-43(41)53)57-44-12-14-46(65)58-49(44)67/h5-11,13,27-28,30-32,35,44,57H,12,14-26,33H2,1-4H3,(H,59,68)(H,58,65,67). The molecule has 4 amide bonds. The van der Waals surface area contributed by atoms with E-state index in [1.807, 2.05) is 50.2 Å². The number of hydrogen-bond acceptors (Lipinski definition) is 11. The molecule has 0 spiro atoms. The van der Waals surface area contributed by atoms with Crippen LogP contribution in [0.5, 0.6) is 0 Å². The number of aromatic nitrogens is 3. The first-order chi connectivity index (χ1) is 32.6. The van der Waals surface area contributed by atoms with Gasteiger partial charge in [-0.1, -0.05) is 25.1 Å². The molecule has 4 saturated heterocycles. The van der Waals surface area contributed by atoms with Crippen molar-refractivity contribution in [2.24, 2.45) is 5.41 Å². The molecule has 5 aromatic rings. The molecular weight excluding hydrogens is 862 g/mol. The Bertz CT molecular complexity index is 2740. The van der Waals surface area contributed by atoms with Crippen LogP contribution in [0.4, 0.5) is 21.6 Å². The van der Waals surface area contributed by atoms with Crippen molar-refractivity contribution in [1.29, 1.82) is 5.26 Å². The molecule has 9 rings (SSSR count). The SMILES string of the molecule is CC(C)(C)NC(=O)C1(C)CCN(c2ccc(-c3cc(-c4ccc(N5CCN(C(=O)CN6CCC(c7ccc(NC8CCC(=O)NC8=O)cc7F)CC6)CC5)cc4)cn4ncc(C#N)c34)cn2)CC1. The Morgan fingerprint density at radius 1 is 0.868 bits per heavy atom. The molecule has 354 valence electrons. The Morgan fingerprint density at radius 3 is 2.24 bits per heavy atom. The average molecular weight is 922 g/mol. The molecule has 4 fully saturated rings. The summed E-state index contributed by atoms with van der Waals surface area (Å²) >= 11 is 0. The summed E-state index contributed by atoms with van der Waals surface area (Å²) in [5.74, 6) is 0.106. The average Bonchev–Trinajstić information content (AvgIpc) is 3.76. The van der Waals surface area contributed by atoms with E-state index in [1.54, 1.807) is 22.8 Å². The van der Waals surface area contributed by atoms with Crippen molar-refractivity contribution >= 4 is 46.3 Å². The van der Waals surface area contributed by atoms with Crippen molar-refractivity contribution in [2.45, 2.75) is 83.7 Å². The summed E-state index contributed by atoms with van der Waals surface area (Å²) < 4.78 is 17.1. The number of carbonyl (C=O) groups is 4.